The minimum absolute atomic E-state index is 0.135. The molecule has 2 atom stereocenters. The molecule has 0 aliphatic carbocycles. The Kier molecular flexibility index (Phi) is 6.39. The van der Waals surface area contributed by atoms with Crippen LogP contribution in [0.15, 0.2) is 0 Å². The van der Waals surface area contributed by atoms with Crippen LogP contribution in [0.3, 0.4) is 0 Å². The maximum absolute atomic E-state index is 5.13. The summed E-state index contributed by atoms with van der Waals surface area (Å²) >= 11 is 0. The van der Waals surface area contributed by atoms with E-state index in [1.165, 1.54) is 0 Å². The smallest absolute Gasteiger partial charge is 0.159 e. The Morgan fingerprint density at radius 1 is 1.00 bits per heavy atom. The van der Waals surface area contributed by atoms with Crippen molar-refractivity contribution in [2.24, 2.45) is 11.5 Å². The lowest BCUT2D eigenvalue weighted by Crippen LogP contribution is -2.26. The van der Waals surface area contributed by atoms with Crippen LogP contribution in [-0.4, -0.2) is 26.0 Å². The summed E-state index contributed by atoms with van der Waals surface area (Å²) in [5, 5.41) is 0. The summed E-state index contributed by atoms with van der Waals surface area (Å²) in [5.41, 5.74) is 10.2. The fourth-order valence-corrected chi connectivity index (χ4v) is 0.619. The predicted molar refractivity (Wildman–Crippen MR) is 40.3 cm³/mol. The van der Waals surface area contributed by atoms with Gasteiger partial charge in [0.05, 0.1) is 13.5 Å². The summed E-state index contributed by atoms with van der Waals surface area (Å²) in [5.74, 6) is 0. The van der Waals surface area contributed by atoms with Gasteiger partial charge in [0.1, 0.15) is 0 Å². The second-order valence-corrected chi connectivity index (χ2v) is 1.94. The van der Waals surface area contributed by atoms with Crippen molar-refractivity contribution >= 4 is 0 Å². The van der Waals surface area contributed by atoms with Crippen LogP contribution in [-0.2, 0) is 14.2 Å². The number of ether oxygens (including phenoxy) is 3. The predicted octanol–water partition coefficient (Wildman–Crippen LogP) is -0.439. The van der Waals surface area contributed by atoms with Gasteiger partial charge in [0.2, 0.25) is 0 Å². The summed E-state index contributed by atoms with van der Waals surface area (Å²) in [7, 11) is 0. The molecule has 0 aromatic rings. The van der Waals surface area contributed by atoms with Gasteiger partial charge in [0, 0.05) is 0 Å². The van der Waals surface area contributed by atoms with Crippen molar-refractivity contribution in [3.05, 3.63) is 0 Å². The summed E-state index contributed by atoms with van der Waals surface area (Å²) in [6.07, 6.45) is -0.719. The Labute approximate surface area is 66.6 Å². The standard InChI is InChI=1S/C6H16N2O3/c1-5(9-3-7)11-6(2)10-4-8/h5-6H,3-4,7-8H2,1-2H3. The van der Waals surface area contributed by atoms with Crippen molar-refractivity contribution in [3.63, 3.8) is 0 Å². The highest BCUT2D eigenvalue weighted by atomic mass is 16.8. The van der Waals surface area contributed by atoms with Gasteiger partial charge in [0.15, 0.2) is 12.6 Å². The van der Waals surface area contributed by atoms with E-state index in [0.29, 0.717) is 0 Å². The van der Waals surface area contributed by atoms with Crippen molar-refractivity contribution in [1.29, 1.82) is 0 Å². The Morgan fingerprint density at radius 3 is 1.64 bits per heavy atom. The maximum atomic E-state index is 5.13. The first kappa shape index (κ1) is 10.8. The second-order valence-electron chi connectivity index (χ2n) is 1.94. The zero-order valence-corrected chi connectivity index (χ0v) is 6.95. The van der Waals surface area contributed by atoms with Crippen molar-refractivity contribution in [2.75, 3.05) is 13.5 Å². The molecule has 0 saturated heterocycles. The van der Waals surface area contributed by atoms with Crippen molar-refractivity contribution < 1.29 is 14.2 Å². The summed E-state index contributed by atoms with van der Waals surface area (Å²) in [6, 6.07) is 0. The van der Waals surface area contributed by atoms with Gasteiger partial charge in [-0.3, -0.25) is 0 Å². The molecule has 0 aromatic carbocycles. The Bertz CT molecular complexity index is 81.9. The molecule has 68 valence electrons. The molecular formula is C6H16N2O3. The van der Waals surface area contributed by atoms with Crippen molar-refractivity contribution in [2.45, 2.75) is 26.4 Å². The van der Waals surface area contributed by atoms with Crippen LogP contribution >= 0.6 is 0 Å². The number of hydrogen-bond donors (Lipinski definition) is 2. The molecule has 0 aromatic heterocycles. The molecule has 0 rings (SSSR count). The SMILES string of the molecule is CC(OCN)OC(C)OCN. The minimum atomic E-state index is -0.360. The molecule has 0 fully saturated rings. The van der Waals surface area contributed by atoms with Gasteiger partial charge < -0.3 is 25.7 Å². The van der Waals surface area contributed by atoms with Gasteiger partial charge >= 0.3 is 0 Å². The topological polar surface area (TPSA) is 79.7 Å². The first-order valence-electron chi connectivity index (χ1n) is 3.49. The zero-order valence-electron chi connectivity index (χ0n) is 6.95. The molecule has 2 unspecified atom stereocenters. The molecular weight excluding hydrogens is 148 g/mol. The van der Waals surface area contributed by atoms with Crippen LogP contribution in [0.1, 0.15) is 13.8 Å². The highest BCUT2D eigenvalue weighted by molar-refractivity contribution is 4.33. The van der Waals surface area contributed by atoms with E-state index < -0.39 is 0 Å². The largest absolute Gasteiger partial charge is 0.338 e. The minimum Gasteiger partial charge on any atom is -0.338 e. The second kappa shape index (κ2) is 6.51. The summed E-state index contributed by atoms with van der Waals surface area (Å²) in [4.78, 5) is 0. The quantitative estimate of drug-likeness (QED) is 0.520. The molecule has 0 aliphatic rings. The first-order chi connectivity index (χ1) is 5.20. The van der Waals surface area contributed by atoms with Gasteiger partial charge in [-0.1, -0.05) is 0 Å². The Hall–Kier alpha value is -0.200. The van der Waals surface area contributed by atoms with Gasteiger partial charge in [-0.05, 0) is 13.8 Å². The summed E-state index contributed by atoms with van der Waals surface area (Å²) in [6.45, 7) is 3.75. The first-order valence-corrected chi connectivity index (χ1v) is 3.49. The van der Waals surface area contributed by atoms with Gasteiger partial charge in [-0.15, -0.1) is 0 Å². The zero-order chi connectivity index (χ0) is 8.69. The maximum Gasteiger partial charge on any atom is 0.159 e. The van der Waals surface area contributed by atoms with E-state index in [9.17, 15) is 0 Å². The van der Waals surface area contributed by atoms with Gasteiger partial charge in [0.25, 0.3) is 0 Å². The van der Waals surface area contributed by atoms with E-state index in [1.54, 1.807) is 13.8 Å². The molecule has 0 saturated carbocycles. The molecule has 0 radical (unpaired) electrons. The normalized spacial score (nSPS) is 16.4. The fourth-order valence-electron chi connectivity index (χ4n) is 0.619. The van der Waals surface area contributed by atoms with E-state index in [4.69, 9.17) is 25.7 Å². The Morgan fingerprint density at radius 2 is 1.36 bits per heavy atom. The molecule has 5 nitrogen and oxygen atoms in total. The molecule has 11 heavy (non-hydrogen) atoms. The average Bonchev–Trinajstić information content (AvgIpc) is 1.87. The van der Waals surface area contributed by atoms with E-state index in [-0.39, 0.29) is 26.0 Å². The van der Waals surface area contributed by atoms with Crippen LogP contribution in [0.2, 0.25) is 0 Å². The number of nitrogens with two attached hydrogens (primary N) is 2. The molecule has 0 aliphatic heterocycles. The Balaban J connectivity index is 3.32. The third-order valence-corrected chi connectivity index (χ3v) is 1.05. The molecule has 0 bridgehead atoms. The molecule has 0 spiro atoms. The van der Waals surface area contributed by atoms with Gasteiger partial charge in [-0.2, -0.15) is 0 Å². The van der Waals surface area contributed by atoms with Crippen molar-refractivity contribution in [3.8, 4) is 0 Å². The lowest BCUT2D eigenvalue weighted by atomic mass is 10.7. The van der Waals surface area contributed by atoms with Crippen LogP contribution < -0.4 is 11.5 Å². The van der Waals surface area contributed by atoms with Crippen LogP contribution in [0.25, 0.3) is 0 Å². The molecule has 0 amide bonds. The monoisotopic (exact) mass is 164 g/mol. The lowest BCUT2D eigenvalue weighted by Gasteiger charge is -2.17. The van der Waals surface area contributed by atoms with Crippen LogP contribution in [0, 0.1) is 0 Å². The van der Waals surface area contributed by atoms with E-state index >= 15 is 0 Å². The van der Waals surface area contributed by atoms with Crippen LogP contribution in [0.5, 0.6) is 0 Å². The van der Waals surface area contributed by atoms with Gasteiger partial charge in [-0.25, -0.2) is 0 Å². The average molecular weight is 164 g/mol. The van der Waals surface area contributed by atoms with E-state index in [1.807, 2.05) is 0 Å². The fraction of sp³-hybridized carbons (Fsp3) is 1.00. The highest BCUT2D eigenvalue weighted by Crippen LogP contribution is 1.99. The molecule has 4 N–H and O–H groups in total. The number of hydrogen-bond acceptors (Lipinski definition) is 5. The van der Waals surface area contributed by atoms with Crippen LogP contribution in [0.4, 0.5) is 0 Å². The highest BCUT2D eigenvalue weighted by Gasteiger charge is 2.06. The summed E-state index contributed by atoms with van der Waals surface area (Å²) < 4.78 is 14.9. The number of rotatable bonds is 6. The molecule has 0 heterocycles. The molecule has 5 heteroatoms. The third-order valence-electron chi connectivity index (χ3n) is 1.05. The lowest BCUT2D eigenvalue weighted by molar-refractivity contribution is -0.230. The van der Waals surface area contributed by atoms with Crippen molar-refractivity contribution in [1.82, 2.24) is 0 Å². The third kappa shape index (κ3) is 6.21. The van der Waals surface area contributed by atoms with E-state index in [2.05, 4.69) is 0 Å². The van der Waals surface area contributed by atoms with E-state index in [0.717, 1.165) is 0 Å².